The van der Waals surface area contributed by atoms with Gasteiger partial charge in [-0.2, -0.15) is 0 Å². The molecule has 1 amide bonds. The van der Waals surface area contributed by atoms with Gasteiger partial charge < -0.3 is 10.6 Å². The molecule has 3 nitrogen and oxygen atoms in total. The van der Waals surface area contributed by atoms with Crippen LogP contribution in [0.15, 0.2) is 0 Å². The van der Waals surface area contributed by atoms with Gasteiger partial charge in [0.1, 0.15) is 0 Å². The highest BCUT2D eigenvalue weighted by Gasteiger charge is 2.38. The zero-order valence-corrected chi connectivity index (χ0v) is 12.0. The first kappa shape index (κ1) is 13.4. The minimum absolute atomic E-state index is 0.278. The van der Waals surface area contributed by atoms with Gasteiger partial charge in [-0.25, -0.2) is 0 Å². The lowest BCUT2D eigenvalue weighted by molar-refractivity contribution is -0.143. The van der Waals surface area contributed by atoms with Crippen LogP contribution in [0, 0.1) is 11.8 Å². The maximum absolute atomic E-state index is 12.8. The molecule has 3 rings (SSSR count). The maximum Gasteiger partial charge on any atom is 0.225 e. The quantitative estimate of drug-likeness (QED) is 0.791. The van der Waals surface area contributed by atoms with Crippen LogP contribution < -0.4 is 5.73 Å². The molecule has 2 N–H and O–H groups in total. The van der Waals surface area contributed by atoms with Gasteiger partial charge in [-0.3, -0.25) is 4.79 Å². The Morgan fingerprint density at radius 3 is 2.37 bits per heavy atom. The molecular formula is C16H28N2O. The molecule has 2 atom stereocenters. The van der Waals surface area contributed by atoms with Crippen LogP contribution in [0.4, 0.5) is 0 Å². The molecule has 108 valence electrons. The number of carbonyl (C=O) groups excluding carboxylic acids is 1. The van der Waals surface area contributed by atoms with Crippen molar-refractivity contribution in [2.75, 3.05) is 6.54 Å². The Morgan fingerprint density at radius 1 is 0.895 bits per heavy atom. The van der Waals surface area contributed by atoms with Crippen LogP contribution in [0.3, 0.4) is 0 Å². The summed E-state index contributed by atoms with van der Waals surface area (Å²) < 4.78 is 0. The lowest BCUT2D eigenvalue weighted by Gasteiger charge is -2.45. The monoisotopic (exact) mass is 264 g/mol. The molecule has 3 fully saturated rings. The lowest BCUT2D eigenvalue weighted by atomic mass is 9.77. The average Bonchev–Trinajstić information content (AvgIpc) is 2.47. The summed E-state index contributed by atoms with van der Waals surface area (Å²) in [6, 6.07) is 0.915. The van der Waals surface area contributed by atoms with Crippen LogP contribution in [0.5, 0.6) is 0 Å². The molecule has 0 aromatic heterocycles. The number of rotatable bonds is 1. The smallest absolute Gasteiger partial charge is 0.225 e. The molecule has 1 saturated heterocycles. The third-order valence-corrected chi connectivity index (χ3v) is 5.65. The van der Waals surface area contributed by atoms with Crippen LogP contribution in [-0.2, 0) is 4.79 Å². The van der Waals surface area contributed by atoms with Crippen LogP contribution >= 0.6 is 0 Å². The molecule has 0 spiro atoms. The van der Waals surface area contributed by atoms with Gasteiger partial charge in [-0.05, 0) is 57.3 Å². The number of hydrogen-bond donors (Lipinski definition) is 1. The lowest BCUT2D eigenvalue weighted by Crippen LogP contribution is -2.52. The topological polar surface area (TPSA) is 46.3 Å². The Hall–Kier alpha value is -0.570. The summed E-state index contributed by atoms with van der Waals surface area (Å²) in [5, 5.41) is 0. The second kappa shape index (κ2) is 5.82. The second-order valence-corrected chi connectivity index (χ2v) is 6.90. The van der Waals surface area contributed by atoms with E-state index in [9.17, 15) is 4.79 Å². The van der Waals surface area contributed by atoms with Crippen molar-refractivity contribution in [2.24, 2.45) is 17.6 Å². The van der Waals surface area contributed by atoms with Gasteiger partial charge >= 0.3 is 0 Å². The van der Waals surface area contributed by atoms with Crippen LogP contribution in [0.25, 0.3) is 0 Å². The SMILES string of the molecule is NC1CCC(C(=O)N2CCCC3CCCCC32)CC1. The van der Waals surface area contributed by atoms with Crippen molar-refractivity contribution in [2.45, 2.75) is 76.3 Å². The van der Waals surface area contributed by atoms with Gasteiger partial charge in [-0.15, -0.1) is 0 Å². The van der Waals surface area contributed by atoms with Gasteiger partial charge in [0, 0.05) is 24.5 Å². The van der Waals surface area contributed by atoms with E-state index in [1.54, 1.807) is 0 Å². The first-order chi connectivity index (χ1) is 9.25. The summed E-state index contributed by atoms with van der Waals surface area (Å²) in [4.78, 5) is 15.1. The third kappa shape index (κ3) is 2.81. The number of piperidine rings is 1. The van der Waals surface area contributed by atoms with Crippen LogP contribution in [0.2, 0.25) is 0 Å². The number of likely N-dealkylation sites (tertiary alicyclic amines) is 1. The summed E-state index contributed by atoms with van der Waals surface area (Å²) in [7, 11) is 0. The van der Waals surface area contributed by atoms with E-state index in [1.807, 2.05) is 0 Å². The molecule has 19 heavy (non-hydrogen) atoms. The predicted molar refractivity (Wildman–Crippen MR) is 76.6 cm³/mol. The fourth-order valence-electron chi connectivity index (χ4n) is 4.50. The summed E-state index contributed by atoms with van der Waals surface area (Å²) in [5.74, 6) is 1.54. The average molecular weight is 264 g/mol. The van der Waals surface area contributed by atoms with Crippen molar-refractivity contribution >= 4 is 5.91 Å². The normalized spacial score (nSPS) is 39.7. The van der Waals surface area contributed by atoms with Crippen LogP contribution in [0.1, 0.15) is 64.2 Å². The van der Waals surface area contributed by atoms with E-state index in [0.717, 1.165) is 38.1 Å². The largest absolute Gasteiger partial charge is 0.339 e. The highest BCUT2D eigenvalue weighted by atomic mass is 16.2. The van der Waals surface area contributed by atoms with E-state index >= 15 is 0 Å². The fourth-order valence-corrected chi connectivity index (χ4v) is 4.50. The van der Waals surface area contributed by atoms with E-state index in [4.69, 9.17) is 5.73 Å². The molecule has 2 unspecified atom stereocenters. The molecule has 3 heteroatoms. The third-order valence-electron chi connectivity index (χ3n) is 5.65. The van der Waals surface area contributed by atoms with Gasteiger partial charge in [0.2, 0.25) is 5.91 Å². The minimum Gasteiger partial charge on any atom is -0.339 e. The minimum atomic E-state index is 0.278. The Kier molecular flexibility index (Phi) is 4.11. The molecule has 2 saturated carbocycles. The van der Waals surface area contributed by atoms with Crippen molar-refractivity contribution < 1.29 is 4.79 Å². The summed E-state index contributed by atoms with van der Waals surface area (Å²) in [6.45, 7) is 1.02. The second-order valence-electron chi connectivity index (χ2n) is 6.90. The molecule has 0 bridgehead atoms. The van der Waals surface area contributed by atoms with E-state index in [-0.39, 0.29) is 5.92 Å². The molecule has 0 aromatic rings. The zero-order valence-electron chi connectivity index (χ0n) is 12.0. The van der Waals surface area contributed by atoms with Gasteiger partial charge in [0.25, 0.3) is 0 Å². The molecule has 1 heterocycles. The summed E-state index contributed by atoms with van der Waals surface area (Å²) in [6.07, 6.45) is 12.0. The van der Waals surface area contributed by atoms with Crippen molar-refractivity contribution in [3.63, 3.8) is 0 Å². The maximum atomic E-state index is 12.8. The number of amides is 1. The van der Waals surface area contributed by atoms with E-state index < -0.39 is 0 Å². The molecule has 3 aliphatic rings. The number of fused-ring (bicyclic) bond motifs is 1. The van der Waals surface area contributed by atoms with Crippen molar-refractivity contribution in [3.8, 4) is 0 Å². The van der Waals surface area contributed by atoms with Crippen molar-refractivity contribution in [1.82, 2.24) is 4.90 Å². The summed E-state index contributed by atoms with van der Waals surface area (Å²) in [5.41, 5.74) is 5.96. The molecule has 0 aromatic carbocycles. The number of carbonyl (C=O) groups is 1. The highest BCUT2D eigenvalue weighted by Crippen LogP contribution is 2.37. The fraction of sp³-hybridized carbons (Fsp3) is 0.938. The van der Waals surface area contributed by atoms with Gasteiger partial charge in [-0.1, -0.05) is 12.8 Å². The Balaban J connectivity index is 1.64. The Morgan fingerprint density at radius 2 is 1.58 bits per heavy atom. The number of hydrogen-bond acceptors (Lipinski definition) is 2. The molecular weight excluding hydrogens is 236 g/mol. The number of nitrogens with two attached hydrogens (primary N) is 1. The first-order valence-electron chi connectivity index (χ1n) is 8.32. The molecule has 1 aliphatic heterocycles. The Labute approximate surface area is 116 Å². The van der Waals surface area contributed by atoms with E-state index in [2.05, 4.69) is 4.90 Å². The van der Waals surface area contributed by atoms with Gasteiger partial charge in [0.05, 0.1) is 0 Å². The zero-order chi connectivity index (χ0) is 13.2. The summed E-state index contributed by atoms with van der Waals surface area (Å²) >= 11 is 0. The highest BCUT2D eigenvalue weighted by molar-refractivity contribution is 5.79. The van der Waals surface area contributed by atoms with Crippen molar-refractivity contribution in [1.29, 1.82) is 0 Å². The molecule has 2 aliphatic carbocycles. The van der Waals surface area contributed by atoms with Gasteiger partial charge in [0.15, 0.2) is 0 Å². The van der Waals surface area contributed by atoms with Crippen LogP contribution in [-0.4, -0.2) is 29.4 Å². The predicted octanol–water partition coefficient (Wildman–Crippen LogP) is 2.69. The molecule has 0 radical (unpaired) electrons. The van der Waals surface area contributed by atoms with E-state index in [1.165, 1.54) is 38.5 Å². The Bertz CT molecular complexity index is 321. The number of nitrogens with zero attached hydrogens (tertiary/aromatic N) is 1. The van der Waals surface area contributed by atoms with Crippen molar-refractivity contribution in [3.05, 3.63) is 0 Å². The standard InChI is InChI=1S/C16H28N2O/c17-14-9-7-13(8-10-14)16(19)18-11-3-5-12-4-1-2-6-15(12)18/h12-15H,1-11,17H2. The van der Waals surface area contributed by atoms with E-state index in [0.29, 0.717) is 18.0 Å². The first-order valence-corrected chi connectivity index (χ1v) is 8.32.